The molecular weight excluding hydrogens is 316 g/mol. The Morgan fingerprint density at radius 1 is 1.28 bits per heavy atom. The number of fused-ring (bicyclic) bond motifs is 2. The van der Waals surface area contributed by atoms with Crippen molar-refractivity contribution >= 4 is 5.78 Å². The maximum absolute atomic E-state index is 12.5. The molecule has 25 heavy (non-hydrogen) atoms. The minimum atomic E-state index is -0.369. The quantitative estimate of drug-likeness (QED) is 0.901. The molecule has 1 aromatic heterocycles. The van der Waals surface area contributed by atoms with Gasteiger partial charge in [0.15, 0.2) is 5.78 Å². The van der Waals surface area contributed by atoms with Crippen molar-refractivity contribution in [3.05, 3.63) is 47.3 Å². The van der Waals surface area contributed by atoms with Gasteiger partial charge in [-0.25, -0.2) is 0 Å². The molecule has 1 N–H and O–H groups in total. The van der Waals surface area contributed by atoms with Crippen molar-refractivity contribution < 1.29 is 9.53 Å². The van der Waals surface area contributed by atoms with Crippen LogP contribution in [0.15, 0.2) is 30.3 Å². The number of aromatic nitrogens is 2. The minimum absolute atomic E-state index is 0.201. The van der Waals surface area contributed by atoms with Crippen molar-refractivity contribution in [3.63, 3.8) is 0 Å². The van der Waals surface area contributed by atoms with Gasteiger partial charge in [-0.1, -0.05) is 12.1 Å². The monoisotopic (exact) mass is 338 g/mol. The number of benzene rings is 1. The van der Waals surface area contributed by atoms with Gasteiger partial charge in [0.25, 0.3) is 0 Å². The first-order valence-corrected chi connectivity index (χ1v) is 9.01. The van der Waals surface area contributed by atoms with Crippen LogP contribution in [-0.4, -0.2) is 45.7 Å². The largest absolute Gasteiger partial charge is 0.485 e. The molecule has 1 aromatic carbocycles. The van der Waals surface area contributed by atoms with Crippen LogP contribution in [0.25, 0.3) is 0 Å². The molecule has 1 atom stereocenters. The van der Waals surface area contributed by atoms with Crippen LogP contribution in [0.1, 0.15) is 34.6 Å². The SMILES string of the molecule is O=C1C[C@@]2(CCN(Cc3cc4n(n3)CCNC4)C2)Oc2ccccc21. The Kier molecular flexibility index (Phi) is 3.43. The summed E-state index contributed by atoms with van der Waals surface area (Å²) in [5.74, 6) is 0.941. The van der Waals surface area contributed by atoms with Crippen LogP contribution in [0.4, 0.5) is 0 Å². The summed E-state index contributed by atoms with van der Waals surface area (Å²) in [6.45, 7) is 5.36. The van der Waals surface area contributed by atoms with Crippen LogP contribution < -0.4 is 10.1 Å². The van der Waals surface area contributed by atoms with Crippen molar-refractivity contribution in [1.29, 1.82) is 0 Å². The topological polar surface area (TPSA) is 59.4 Å². The fourth-order valence-electron chi connectivity index (χ4n) is 4.29. The van der Waals surface area contributed by atoms with Crippen LogP contribution in [0, 0.1) is 0 Å². The van der Waals surface area contributed by atoms with Crippen LogP contribution in [0.3, 0.4) is 0 Å². The van der Waals surface area contributed by atoms with Crippen molar-refractivity contribution in [2.45, 2.75) is 38.1 Å². The van der Waals surface area contributed by atoms with E-state index < -0.39 is 0 Å². The van der Waals surface area contributed by atoms with E-state index in [1.807, 2.05) is 24.3 Å². The number of hydrogen-bond donors (Lipinski definition) is 1. The molecule has 0 bridgehead atoms. The highest BCUT2D eigenvalue weighted by Crippen LogP contribution is 2.38. The molecule has 5 rings (SSSR count). The van der Waals surface area contributed by atoms with Crippen molar-refractivity contribution in [3.8, 4) is 5.75 Å². The lowest BCUT2D eigenvalue weighted by Crippen LogP contribution is -2.44. The van der Waals surface area contributed by atoms with Gasteiger partial charge in [0, 0.05) is 39.1 Å². The van der Waals surface area contributed by atoms with E-state index in [4.69, 9.17) is 9.84 Å². The molecule has 3 aliphatic rings. The smallest absolute Gasteiger partial charge is 0.170 e. The summed E-state index contributed by atoms with van der Waals surface area (Å²) < 4.78 is 8.41. The highest BCUT2D eigenvalue weighted by molar-refractivity contribution is 6.00. The molecular formula is C19H22N4O2. The zero-order chi connectivity index (χ0) is 16.9. The van der Waals surface area contributed by atoms with Gasteiger partial charge in [-0.05, 0) is 18.2 Å². The zero-order valence-corrected chi connectivity index (χ0v) is 14.2. The summed E-state index contributed by atoms with van der Waals surface area (Å²) in [5, 5.41) is 8.10. The Balaban J connectivity index is 1.31. The molecule has 2 aromatic rings. The van der Waals surface area contributed by atoms with Crippen molar-refractivity contribution in [2.24, 2.45) is 0 Å². The van der Waals surface area contributed by atoms with Crippen LogP contribution in [0.5, 0.6) is 5.75 Å². The van der Waals surface area contributed by atoms with E-state index in [0.29, 0.717) is 6.42 Å². The first-order valence-electron chi connectivity index (χ1n) is 9.01. The third-order valence-corrected chi connectivity index (χ3v) is 5.50. The van der Waals surface area contributed by atoms with E-state index >= 15 is 0 Å². The van der Waals surface area contributed by atoms with Gasteiger partial charge in [-0.3, -0.25) is 14.4 Å². The lowest BCUT2D eigenvalue weighted by atomic mass is 9.89. The molecule has 0 unspecified atom stereocenters. The molecule has 1 spiro atoms. The highest BCUT2D eigenvalue weighted by atomic mass is 16.5. The van der Waals surface area contributed by atoms with E-state index in [-0.39, 0.29) is 11.4 Å². The average Bonchev–Trinajstić information content (AvgIpc) is 3.18. The van der Waals surface area contributed by atoms with Crippen LogP contribution in [0.2, 0.25) is 0 Å². The van der Waals surface area contributed by atoms with Gasteiger partial charge >= 0.3 is 0 Å². The van der Waals surface area contributed by atoms with E-state index in [1.54, 1.807) is 0 Å². The number of hydrogen-bond acceptors (Lipinski definition) is 5. The summed E-state index contributed by atoms with van der Waals surface area (Å²) in [5.41, 5.74) is 2.72. The van der Waals surface area contributed by atoms with Gasteiger partial charge in [-0.15, -0.1) is 0 Å². The molecule has 6 nitrogen and oxygen atoms in total. The van der Waals surface area contributed by atoms with E-state index in [1.165, 1.54) is 5.69 Å². The Morgan fingerprint density at radius 3 is 3.12 bits per heavy atom. The second-order valence-electron chi connectivity index (χ2n) is 7.37. The van der Waals surface area contributed by atoms with Crippen LogP contribution >= 0.6 is 0 Å². The third-order valence-electron chi connectivity index (χ3n) is 5.50. The van der Waals surface area contributed by atoms with Gasteiger partial charge in [0.05, 0.1) is 29.9 Å². The molecule has 1 saturated heterocycles. The average molecular weight is 338 g/mol. The molecule has 6 heteroatoms. The Labute approximate surface area is 146 Å². The normalized spacial score (nSPS) is 25.7. The third kappa shape index (κ3) is 2.65. The van der Waals surface area contributed by atoms with E-state index in [0.717, 1.165) is 62.7 Å². The van der Waals surface area contributed by atoms with Gasteiger partial charge in [0.1, 0.15) is 11.4 Å². The summed E-state index contributed by atoms with van der Waals surface area (Å²) in [6.07, 6.45) is 1.37. The molecule has 1 fully saturated rings. The molecule has 4 heterocycles. The minimum Gasteiger partial charge on any atom is -0.485 e. The number of carbonyl (C=O) groups is 1. The first kappa shape index (κ1) is 15.1. The van der Waals surface area contributed by atoms with E-state index in [9.17, 15) is 4.79 Å². The summed E-state index contributed by atoms with van der Waals surface area (Å²) in [6, 6.07) is 9.80. The van der Waals surface area contributed by atoms with E-state index in [2.05, 4.69) is 21.0 Å². The Hall–Kier alpha value is -2.18. The standard InChI is InChI=1S/C19H22N4O2/c24-17-10-19(25-18-4-2-1-3-16(17)18)5-7-22(13-19)12-14-9-15-11-20-6-8-23(15)21-14/h1-4,9,20H,5-8,10-13H2/t19-/m1/s1. The number of Topliss-reactive ketones (excluding diaryl/α,β-unsaturated/α-hetero) is 1. The molecule has 0 radical (unpaired) electrons. The predicted molar refractivity (Wildman–Crippen MR) is 92.6 cm³/mol. The number of nitrogens with zero attached hydrogens (tertiary/aromatic N) is 3. The first-order chi connectivity index (χ1) is 12.2. The number of ketones is 1. The predicted octanol–water partition coefficient (Wildman–Crippen LogP) is 1.60. The lowest BCUT2D eigenvalue weighted by Gasteiger charge is -2.34. The Bertz CT molecular complexity index is 807. The number of carbonyl (C=O) groups excluding carboxylic acids is 1. The number of para-hydroxylation sites is 1. The fraction of sp³-hybridized carbons (Fsp3) is 0.474. The van der Waals surface area contributed by atoms with Gasteiger partial charge < -0.3 is 10.1 Å². The molecule has 0 amide bonds. The fourth-order valence-corrected chi connectivity index (χ4v) is 4.29. The van der Waals surface area contributed by atoms with Gasteiger partial charge in [0.2, 0.25) is 0 Å². The summed E-state index contributed by atoms with van der Waals surface area (Å²) >= 11 is 0. The maximum atomic E-state index is 12.5. The highest BCUT2D eigenvalue weighted by Gasteiger charge is 2.45. The number of rotatable bonds is 2. The van der Waals surface area contributed by atoms with Crippen molar-refractivity contribution in [1.82, 2.24) is 20.0 Å². The second-order valence-corrected chi connectivity index (χ2v) is 7.37. The number of ether oxygens (including phenoxy) is 1. The second kappa shape index (κ2) is 5.68. The number of nitrogens with one attached hydrogen (secondary N) is 1. The summed E-state index contributed by atoms with van der Waals surface area (Å²) in [7, 11) is 0. The molecule has 0 aliphatic carbocycles. The van der Waals surface area contributed by atoms with Gasteiger partial charge in [-0.2, -0.15) is 5.10 Å². The molecule has 130 valence electrons. The zero-order valence-electron chi connectivity index (χ0n) is 14.2. The van der Waals surface area contributed by atoms with Crippen LogP contribution in [-0.2, 0) is 19.6 Å². The Morgan fingerprint density at radius 2 is 2.20 bits per heavy atom. The number of likely N-dealkylation sites (tertiary alicyclic amines) is 1. The lowest BCUT2D eigenvalue weighted by molar-refractivity contribution is 0.0454. The van der Waals surface area contributed by atoms with Crippen molar-refractivity contribution in [2.75, 3.05) is 19.6 Å². The molecule has 3 aliphatic heterocycles. The molecule has 0 saturated carbocycles. The summed E-state index contributed by atoms with van der Waals surface area (Å²) in [4.78, 5) is 14.9. The maximum Gasteiger partial charge on any atom is 0.170 e.